The van der Waals surface area contributed by atoms with E-state index >= 15 is 0 Å². The Morgan fingerprint density at radius 1 is 0.543 bits per heavy atom. The summed E-state index contributed by atoms with van der Waals surface area (Å²) in [4.78, 5) is 26.5. The van der Waals surface area contributed by atoms with Gasteiger partial charge in [0.25, 0.3) is 0 Å². The number of unbranched alkanes of at least 4 members (excludes halogenated alkanes) is 37. The molecule has 0 aliphatic carbocycles. The molecule has 70 heavy (non-hydrogen) atoms. The molecule has 0 saturated carbocycles. The summed E-state index contributed by atoms with van der Waals surface area (Å²) in [5.74, 6) is -1.18. The Kier molecular flexibility index (Phi) is 45.9. The van der Waals surface area contributed by atoms with Crippen LogP contribution in [0.1, 0.15) is 290 Å². The normalized spacial score (nSPS) is 19.7. The number of hydrogen-bond acceptors (Lipinski definition) is 10. The fraction of sp³-hybridized carbons (Fsp3) is 0.932. The minimum atomic E-state index is -1.60. The monoisotopic (exact) mass is 996 g/mol. The molecular weight excluding hydrogens is 883 g/mol. The van der Waals surface area contributed by atoms with E-state index in [1.165, 1.54) is 186 Å². The summed E-state index contributed by atoms with van der Waals surface area (Å²) in [6.45, 7) is 5.81. The van der Waals surface area contributed by atoms with E-state index in [1.54, 1.807) is 6.08 Å². The molecule has 8 unspecified atom stereocenters. The van der Waals surface area contributed by atoms with Crippen molar-refractivity contribution in [3.63, 3.8) is 0 Å². The number of ether oxygens (including phenoxy) is 3. The average Bonchev–Trinajstić information content (AvgIpc) is 3.36. The highest BCUT2D eigenvalue weighted by atomic mass is 16.7. The van der Waals surface area contributed by atoms with Crippen LogP contribution in [0.15, 0.2) is 12.2 Å². The zero-order valence-electron chi connectivity index (χ0n) is 45.7. The van der Waals surface area contributed by atoms with Gasteiger partial charge in [0.05, 0.1) is 25.4 Å². The number of carbonyl (C=O) groups excluding carboxylic acids is 2. The molecule has 0 aromatic heterocycles. The minimum absolute atomic E-state index is 0.131. The van der Waals surface area contributed by atoms with Gasteiger partial charge in [0.1, 0.15) is 24.4 Å². The molecule has 6 N–H and O–H groups in total. The Morgan fingerprint density at radius 3 is 1.34 bits per heavy atom. The number of esters is 1. The third-order valence-corrected chi connectivity index (χ3v) is 14.4. The second-order valence-electron chi connectivity index (χ2n) is 21.1. The van der Waals surface area contributed by atoms with Gasteiger partial charge >= 0.3 is 5.97 Å². The molecular formula is C59H113NO10. The van der Waals surface area contributed by atoms with Gasteiger partial charge in [-0.2, -0.15) is 0 Å². The van der Waals surface area contributed by atoms with Crippen LogP contribution < -0.4 is 5.32 Å². The Balaban J connectivity index is 2.71. The first kappa shape index (κ1) is 66.4. The van der Waals surface area contributed by atoms with Crippen LogP contribution in [0.2, 0.25) is 0 Å². The van der Waals surface area contributed by atoms with E-state index in [4.69, 9.17) is 14.2 Å². The van der Waals surface area contributed by atoms with E-state index in [-0.39, 0.29) is 13.0 Å². The first-order chi connectivity index (χ1) is 34.2. The second kappa shape index (κ2) is 48.3. The van der Waals surface area contributed by atoms with Gasteiger partial charge in [-0.15, -0.1) is 0 Å². The third kappa shape index (κ3) is 36.3. The molecule has 0 spiro atoms. The van der Waals surface area contributed by atoms with E-state index in [0.29, 0.717) is 19.3 Å². The van der Waals surface area contributed by atoms with E-state index < -0.39 is 67.4 Å². The SMILES string of the molecule is CCCCCCCCCCCCC/C=C/C(O)C(COC1OC(CO)C(O)C(O)C1OC(=O)CCCCCCCCCCCCCCCC)NC(=O)C(O)CCCCCCCCCCCCCCCC. The Morgan fingerprint density at radius 2 is 0.929 bits per heavy atom. The molecule has 11 nitrogen and oxygen atoms in total. The molecule has 0 radical (unpaired) electrons. The lowest BCUT2D eigenvalue weighted by atomic mass is 9.99. The number of aliphatic hydroxyl groups is 5. The van der Waals surface area contributed by atoms with Crippen molar-refractivity contribution in [2.75, 3.05) is 13.2 Å². The van der Waals surface area contributed by atoms with Crippen LogP contribution in [-0.2, 0) is 23.8 Å². The summed E-state index contributed by atoms with van der Waals surface area (Å²) in [5, 5.41) is 56.9. The number of nitrogens with one attached hydrogen (secondary N) is 1. The first-order valence-corrected chi connectivity index (χ1v) is 30.0. The predicted octanol–water partition coefficient (Wildman–Crippen LogP) is 13.6. The Hall–Kier alpha value is -1.60. The van der Waals surface area contributed by atoms with Crippen LogP contribution in [0.4, 0.5) is 0 Å². The van der Waals surface area contributed by atoms with Crippen LogP contribution in [0, 0.1) is 0 Å². The van der Waals surface area contributed by atoms with Crippen molar-refractivity contribution in [2.45, 2.75) is 339 Å². The van der Waals surface area contributed by atoms with E-state index in [2.05, 4.69) is 26.1 Å². The zero-order chi connectivity index (χ0) is 51.1. The van der Waals surface area contributed by atoms with Crippen molar-refractivity contribution in [2.24, 2.45) is 0 Å². The van der Waals surface area contributed by atoms with Crippen LogP contribution in [-0.4, -0.2) is 99.6 Å². The molecule has 1 aliphatic heterocycles. The lowest BCUT2D eigenvalue weighted by Crippen LogP contribution is -2.61. The fourth-order valence-electron chi connectivity index (χ4n) is 9.65. The number of amides is 1. The van der Waals surface area contributed by atoms with Gasteiger partial charge in [-0.3, -0.25) is 9.59 Å². The first-order valence-electron chi connectivity index (χ1n) is 30.0. The van der Waals surface area contributed by atoms with E-state index in [9.17, 15) is 35.1 Å². The highest BCUT2D eigenvalue weighted by Crippen LogP contribution is 2.26. The highest BCUT2D eigenvalue weighted by molar-refractivity contribution is 5.80. The summed E-state index contributed by atoms with van der Waals surface area (Å²) in [5.41, 5.74) is 0. The Labute approximate surface area is 429 Å². The Bertz CT molecular complexity index is 1190. The molecule has 1 fully saturated rings. The van der Waals surface area contributed by atoms with Crippen LogP contribution >= 0.6 is 0 Å². The van der Waals surface area contributed by atoms with Gasteiger partial charge < -0.3 is 45.1 Å². The molecule has 11 heteroatoms. The van der Waals surface area contributed by atoms with Gasteiger partial charge in [0.2, 0.25) is 5.91 Å². The van der Waals surface area contributed by atoms with Crippen molar-refractivity contribution < 1.29 is 49.3 Å². The average molecular weight is 997 g/mol. The maximum atomic E-state index is 13.4. The minimum Gasteiger partial charge on any atom is -0.454 e. The molecule has 0 aromatic carbocycles. The summed E-state index contributed by atoms with van der Waals surface area (Å²) < 4.78 is 17.6. The maximum absolute atomic E-state index is 13.4. The van der Waals surface area contributed by atoms with Crippen molar-refractivity contribution in [3.8, 4) is 0 Å². The molecule has 1 aliphatic rings. The lowest BCUT2D eigenvalue weighted by Gasteiger charge is -2.41. The van der Waals surface area contributed by atoms with E-state index in [0.717, 1.165) is 57.8 Å². The number of aliphatic hydroxyl groups excluding tert-OH is 5. The predicted molar refractivity (Wildman–Crippen MR) is 288 cm³/mol. The van der Waals surface area contributed by atoms with Crippen molar-refractivity contribution in [1.82, 2.24) is 5.32 Å². The summed E-state index contributed by atoms with van der Waals surface area (Å²) in [6.07, 6.45) is 42.5. The van der Waals surface area contributed by atoms with Gasteiger partial charge in [-0.25, -0.2) is 0 Å². The molecule has 0 bridgehead atoms. The lowest BCUT2D eigenvalue weighted by molar-refractivity contribution is -0.305. The van der Waals surface area contributed by atoms with Gasteiger partial charge in [0, 0.05) is 6.42 Å². The summed E-state index contributed by atoms with van der Waals surface area (Å²) in [7, 11) is 0. The highest BCUT2D eigenvalue weighted by Gasteiger charge is 2.47. The molecule has 1 amide bonds. The van der Waals surface area contributed by atoms with Crippen molar-refractivity contribution in [3.05, 3.63) is 12.2 Å². The quantitative estimate of drug-likeness (QED) is 0.0195. The molecule has 8 atom stereocenters. The second-order valence-corrected chi connectivity index (χ2v) is 21.1. The molecule has 1 saturated heterocycles. The third-order valence-electron chi connectivity index (χ3n) is 14.4. The van der Waals surface area contributed by atoms with Gasteiger partial charge in [0.15, 0.2) is 12.4 Å². The van der Waals surface area contributed by atoms with Crippen LogP contribution in [0.3, 0.4) is 0 Å². The fourth-order valence-corrected chi connectivity index (χ4v) is 9.65. The number of allylic oxidation sites excluding steroid dienone is 1. The summed E-state index contributed by atoms with van der Waals surface area (Å²) >= 11 is 0. The molecule has 1 rings (SSSR count). The topological polar surface area (TPSA) is 175 Å². The van der Waals surface area contributed by atoms with Crippen molar-refractivity contribution >= 4 is 11.9 Å². The van der Waals surface area contributed by atoms with Crippen LogP contribution in [0.5, 0.6) is 0 Å². The van der Waals surface area contributed by atoms with Crippen molar-refractivity contribution in [1.29, 1.82) is 0 Å². The van der Waals surface area contributed by atoms with E-state index in [1.807, 2.05) is 6.08 Å². The molecule has 414 valence electrons. The van der Waals surface area contributed by atoms with Gasteiger partial charge in [-0.05, 0) is 25.7 Å². The molecule has 0 aromatic rings. The summed E-state index contributed by atoms with van der Waals surface area (Å²) in [6, 6.07) is -1.01. The molecule has 1 heterocycles. The number of hydrogen-bond donors (Lipinski definition) is 6. The maximum Gasteiger partial charge on any atom is 0.306 e. The van der Waals surface area contributed by atoms with Gasteiger partial charge in [-0.1, -0.05) is 270 Å². The largest absolute Gasteiger partial charge is 0.454 e. The standard InChI is InChI=1S/C59H113NO10/c1-4-7-10-13-16-19-22-25-28-31-34-37-40-43-46-52(63)58(67)60-50(51(62)45-42-39-36-33-30-27-24-21-18-15-12-9-6-3)49-68-59-57(56(66)55(65)53(48-61)69-59)70-54(64)47-44-41-38-35-32-29-26-23-20-17-14-11-8-5-2/h42,45,50-53,55-57,59,61-63,65-66H,4-41,43-44,46-49H2,1-3H3,(H,60,67)/b45-42+. The number of rotatable bonds is 51. The number of carbonyl (C=O) groups is 2. The zero-order valence-corrected chi connectivity index (χ0v) is 45.7. The smallest absolute Gasteiger partial charge is 0.306 e. The van der Waals surface area contributed by atoms with Crippen LogP contribution in [0.25, 0.3) is 0 Å².